The van der Waals surface area contributed by atoms with Gasteiger partial charge in [-0.3, -0.25) is 14.3 Å². The summed E-state index contributed by atoms with van der Waals surface area (Å²) < 4.78 is 13.3. The van der Waals surface area contributed by atoms with Gasteiger partial charge in [0.1, 0.15) is 11.4 Å². The van der Waals surface area contributed by atoms with Crippen molar-refractivity contribution in [1.82, 2.24) is 20.0 Å². The number of aromatic hydroxyl groups is 1. The van der Waals surface area contributed by atoms with Crippen molar-refractivity contribution in [2.75, 3.05) is 44.8 Å². The average molecular weight is 590 g/mol. The molecule has 0 unspecified atom stereocenters. The highest BCUT2D eigenvalue weighted by atomic mass is 16.5. The van der Waals surface area contributed by atoms with Crippen LogP contribution in [-0.4, -0.2) is 77.1 Å². The minimum Gasteiger partial charge on any atom is -0.506 e. The zero-order chi connectivity index (χ0) is 30.0. The predicted molar refractivity (Wildman–Crippen MR) is 165 cm³/mol. The van der Waals surface area contributed by atoms with Gasteiger partial charge in [0.05, 0.1) is 25.8 Å². The first-order valence-electron chi connectivity index (χ1n) is 15.4. The molecule has 1 aliphatic heterocycles. The van der Waals surface area contributed by atoms with Crippen molar-refractivity contribution < 1.29 is 24.2 Å². The van der Waals surface area contributed by atoms with Gasteiger partial charge in [-0.25, -0.2) is 0 Å². The number of ether oxygens (including phenoxy) is 2. The first-order chi connectivity index (χ1) is 21.0. The molecule has 0 radical (unpaired) electrons. The summed E-state index contributed by atoms with van der Waals surface area (Å²) in [4.78, 5) is 27.0. The fraction of sp³-hybridized carbons (Fsp3) is 0.485. The van der Waals surface area contributed by atoms with Gasteiger partial charge < -0.3 is 30.1 Å². The molecular weight excluding hydrogens is 546 g/mol. The number of hydrogen-bond acceptors (Lipinski definition) is 7. The van der Waals surface area contributed by atoms with E-state index in [4.69, 9.17) is 9.47 Å². The Balaban J connectivity index is 1.05. The number of nitrogens with one attached hydrogen (secondary N) is 2. The fourth-order valence-electron chi connectivity index (χ4n) is 5.93. The molecule has 2 aliphatic rings. The van der Waals surface area contributed by atoms with Gasteiger partial charge in [-0.05, 0) is 55.0 Å². The number of anilines is 1. The Morgan fingerprint density at radius 1 is 1.14 bits per heavy atom. The van der Waals surface area contributed by atoms with Crippen molar-refractivity contribution in [3.8, 4) is 22.6 Å². The Morgan fingerprint density at radius 2 is 2.00 bits per heavy atom. The first kappa shape index (κ1) is 30.6. The molecule has 3 aromatic rings. The number of phenols is 1. The van der Waals surface area contributed by atoms with Crippen LogP contribution in [0.4, 0.5) is 5.69 Å². The fourth-order valence-corrected chi connectivity index (χ4v) is 5.93. The first-order valence-corrected chi connectivity index (χ1v) is 15.4. The zero-order valence-electron chi connectivity index (χ0n) is 25.0. The molecule has 0 atom stereocenters. The summed E-state index contributed by atoms with van der Waals surface area (Å²) in [6.45, 7) is 2.97. The molecule has 230 valence electrons. The van der Waals surface area contributed by atoms with E-state index in [1.54, 1.807) is 10.7 Å². The number of aryl methyl sites for hydroxylation is 1. The van der Waals surface area contributed by atoms with Crippen LogP contribution < -0.4 is 15.4 Å². The number of phenolic OH excluding ortho intramolecular Hbond substituents is 1. The van der Waals surface area contributed by atoms with E-state index in [1.165, 1.54) is 24.8 Å². The summed E-state index contributed by atoms with van der Waals surface area (Å²) in [6, 6.07) is 12.1. The lowest BCUT2D eigenvalue weighted by atomic mass is 9.94. The molecule has 2 heterocycles. The van der Waals surface area contributed by atoms with Gasteiger partial charge in [-0.1, -0.05) is 49.6 Å². The molecule has 0 bridgehead atoms. The van der Waals surface area contributed by atoms with E-state index >= 15 is 0 Å². The summed E-state index contributed by atoms with van der Waals surface area (Å²) in [5.74, 6) is 0.411. The minimum absolute atomic E-state index is 0.000376. The Kier molecular flexibility index (Phi) is 10.7. The number of benzene rings is 2. The van der Waals surface area contributed by atoms with Crippen molar-refractivity contribution in [3.63, 3.8) is 0 Å². The van der Waals surface area contributed by atoms with E-state index in [-0.39, 0.29) is 24.2 Å². The standard InChI is InChI=1S/C33H43N5O5/c1-37-22-27(21-35-37)26-7-5-6-24(20-26)13-18-42-19-14-31(41)38(28-8-3-2-4-9-28)17-16-34-15-12-25-10-11-29(39)32-33(25)43-23-30(40)36-32/h5-7,10-11,20-22,28,34,39H,2-4,8-9,12-19,23H2,1H3,(H,36,40). The Hall–Kier alpha value is -3.89. The van der Waals surface area contributed by atoms with Crippen LogP contribution in [0.5, 0.6) is 11.5 Å². The number of carbonyl (C=O) groups is 2. The molecule has 5 rings (SSSR count). The molecule has 1 aliphatic carbocycles. The molecule has 10 nitrogen and oxygen atoms in total. The van der Waals surface area contributed by atoms with E-state index in [0.29, 0.717) is 63.2 Å². The Labute approximate surface area is 253 Å². The lowest BCUT2D eigenvalue weighted by Crippen LogP contribution is -2.45. The van der Waals surface area contributed by atoms with Gasteiger partial charge in [-0.15, -0.1) is 0 Å². The van der Waals surface area contributed by atoms with Crippen molar-refractivity contribution in [2.45, 2.75) is 57.4 Å². The SMILES string of the molecule is Cn1cc(-c2cccc(CCOCCC(=O)N(CCNCCc3ccc(O)c4c3OCC(=O)N4)C3CCCCC3)c2)cn1. The summed E-state index contributed by atoms with van der Waals surface area (Å²) >= 11 is 0. The summed E-state index contributed by atoms with van der Waals surface area (Å²) in [7, 11) is 1.92. The lowest BCUT2D eigenvalue weighted by Gasteiger charge is -2.34. The topological polar surface area (TPSA) is 118 Å². The van der Waals surface area contributed by atoms with Crippen molar-refractivity contribution in [2.24, 2.45) is 7.05 Å². The molecule has 1 fully saturated rings. The van der Waals surface area contributed by atoms with E-state index < -0.39 is 0 Å². The second-order valence-corrected chi connectivity index (χ2v) is 11.4. The van der Waals surface area contributed by atoms with Gasteiger partial charge in [0.15, 0.2) is 12.4 Å². The molecule has 43 heavy (non-hydrogen) atoms. The average Bonchev–Trinajstić information content (AvgIpc) is 3.46. The number of hydrogen-bond donors (Lipinski definition) is 3. The number of carbonyl (C=O) groups excluding carboxylic acids is 2. The highest BCUT2D eigenvalue weighted by Gasteiger charge is 2.25. The summed E-state index contributed by atoms with van der Waals surface area (Å²) in [5, 5.41) is 20.5. The van der Waals surface area contributed by atoms with Gasteiger partial charge in [0.25, 0.3) is 5.91 Å². The van der Waals surface area contributed by atoms with Gasteiger partial charge in [-0.2, -0.15) is 5.10 Å². The molecule has 2 aromatic carbocycles. The van der Waals surface area contributed by atoms with E-state index in [2.05, 4.69) is 44.9 Å². The van der Waals surface area contributed by atoms with E-state index in [1.807, 2.05) is 25.5 Å². The maximum atomic E-state index is 13.3. The van der Waals surface area contributed by atoms with Crippen molar-refractivity contribution in [1.29, 1.82) is 0 Å². The number of fused-ring (bicyclic) bond motifs is 1. The van der Waals surface area contributed by atoms with Crippen LogP contribution in [0.25, 0.3) is 11.1 Å². The number of amides is 2. The minimum atomic E-state index is -0.275. The van der Waals surface area contributed by atoms with Crippen LogP contribution in [-0.2, 0) is 34.2 Å². The second-order valence-electron chi connectivity index (χ2n) is 11.4. The third-order valence-corrected chi connectivity index (χ3v) is 8.23. The summed E-state index contributed by atoms with van der Waals surface area (Å²) in [5.41, 5.74) is 4.69. The predicted octanol–water partition coefficient (Wildman–Crippen LogP) is 4.07. The molecule has 2 amide bonds. The zero-order valence-corrected chi connectivity index (χ0v) is 25.0. The van der Waals surface area contributed by atoms with Crippen molar-refractivity contribution in [3.05, 3.63) is 59.9 Å². The van der Waals surface area contributed by atoms with Crippen LogP contribution in [0.15, 0.2) is 48.8 Å². The largest absolute Gasteiger partial charge is 0.506 e. The number of nitrogens with zero attached hydrogens (tertiary/aromatic N) is 3. The lowest BCUT2D eigenvalue weighted by molar-refractivity contribution is -0.135. The molecular formula is C33H43N5O5. The number of rotatable bonds is 14. The van der Waals surface area contributed by atoms with Crippen LogP contribution in [0.1, 0.15) is 49.7 Å². The van der Waals surface area contributed by atoms with Gasteiger partial charge in [0, 0.05) is 37.9 Å². The highest BCUT2D eigenvalue weighted by molar-refractivity contribution is 5.97. The Morgan fingerprint density at radius 3 is 2.81 bits per heavy atom. The van der Waals surface area contributed by atoms with Crippen LogP contribution in [0, 0.1) is 0 Å². The molecule has 0 spiro atoms. The Bertz CT molecular complexity index is 1380. The van der Waals surface area contributed by atoms with Crippen LogP contribution in [0.3, 0.4) is 0 Å². The third kappa shape index (κ3) is 8.36. The maximum absolute atomic E-state index is 13.3. The smallest absolute Gasteiger partial charge is 0.262 e. The summed E-state index contributed by atoms with van der Waals surface area (Å²) in [6.07, 6.45) is 11.4. The van der Waals surface area contributed by atoms with E-state index in [9.17, 15) is 14.7 Å². The van der Waals surface area contributed by atoms with Crippen LogP contribution >= 0.6 is 0 Å². The maximum Gasteiger partial charge on any atom is 0.262 e. The monoisotopic (exact) mass is 589 g/mol. The normalized spacial score (nSPS) is 15.0. The third-order valence-electron chi connectivity index (χ3n) is 8.23. The van der Waals surface area contributed by atoms with Gasteiger partial charge >= 0.3 is 0 Å². The second kappa shape index (κ2) is 15.0. The molecule has 1 saturated carbocycles. The molecule has 1 aromatic heterocycles. The quantitative estimate of drug-likeness (QED) is 0.192. The molecule has 0 saturated heterocycles. The van der Waals surface area contributed by atoms with Crippen LogP contribution in [0.2, 0.25) is 0 Å². The van der Waals surface area contributed by atoms with Crippen molar-refractivity contribution >= 4 is 17.5 Å². The van der Waals surface area contributed by atoms with E-state index in [0.717, 1.165) is 36.0 Å². The molecule has 10 heteroatoms. The molecule has 3 N–H and O–H groups in total. The van der Waals surface area contributed by atoms with Gasteiger partial charge in [0.2, 0.25) is 5.91 Å². The number of aromatic nitrogens is 2. The highest BCUT2D eigenvalue weighted by Crippen LogP contribution is 2.39.